The largest absolute Gasteiger partial charge is 0.313 e. The Morgan fingerprint density at radius 1 is 1.10 bits per heavy atom. The summed E-state index contributed by atoms with van der Waals surface area (Å²) in [6.07, 6.45) is 3.80. The lowest BCUT2D eigenvalue weighted by Gasteiger charge is -2.34. The zero-order valence-electron chi connectivity index (χ0n) is 14.6. The Morgan fingerprint density at radius 2 is 1.76 bits per heavy atom. The number of benzene rings is 1. The maximum atomic E-state index is 3.51. The van der Waals surface area contributed by atoms with E-state index in [9.17, 15) is 0 Å². The number of nitrogens with one attached hydrogen (secondary N) is 1. The zero-order valence-corrected chi connectivity index (χ0v) is 14.6. The Hall–Kier alpha value is -0.860. The van der Waals surface area contributed by atoms with E-state index in [0.29, 0.717) is 18.0 Å². The first-order valence-corrected chi connectivity index (χ1v) is 8.60. The first-order valence-electron chi connectivity index (χ1n) is 8.60. The average Bonchev–Trinajstić information content (AvgIpc) is 2.52. The molecule has 2 heteroatoms. The van der Waals surface area contributed by atoms with Gasteiger partial charge in [-0.1, -0.05) is 57.5 Å². The van der Waals surface area contributed by atoms with Gasteiger partial charge in [0.25, 0.3) is 0 Å². The van der Waals surface area contributed by atoms with Gasteiger partial charge in [-0.25, -0.2) is 0 Å². The topological polar surface area (TPSA) is 15.3 Å². The second kappa shape index (κ2) is 9.97. The third-order valence-corrected chi connectivity index (χ3v) is 4.57. The summed E-state index contributed by atoms with van der Waals surface area (Å²) >= 11 is 0. The van der Waals surface area contributed by atoms with Gasteiger partial charge in [-0.05, 0) is 44.8 Å². The molecule has 0 heterocycles. The molecule has 21 heavy (non-hydrogen) atoms. The van der Waals surface area contributed by atoms with Crippen LogP contribution in [0.4, 0.5) is 0 Å². The van der Waals surface area contributed by atoms with E-state index in [1.165, 1.54) is 31.4 Å². The summed E-state index contributed by atoms with van der Waals surface area (Å²) in [5.41, 5.74) is 1.40. The lowest BCUT2D eigenvalue weighted by molar-refractivity contribution is 0.160. The van der Waals surface area contributed by atoms with Gasteiger partial charge in [-0.15, -0.1) is 0 Å². The molecule has 1 aromatic carbocycles. The highest BCUT2D eigenvalue weighted by Gasteiger charge is 2.22. The van der Waals surface area contributed by atoms with Crippen molar-refractivity contribution in [3.63, 3.8) is 0 Å². The monoisotopic (exact) mass is 290 g/mol. The Kier molecular flexibility index (Phi) is 8.63. The van der Waals surface area contributed by atoms with Crippen LogP contribution in [0.1, 0.15) is 58.6 Å². The van der Waals surface area contributed by atoms with E-state index >= 15 is 0 Å². The van der Waals surface area contributed by atoms with Gasteiger partial charge in [0.2, 0.25) is 0 Å². The molecule has 0 aliphatic heterocycles. The van der Waals surface area contributed by atoms with E-state index in [2.05, 4.69) is 75.3 Å². The minimum Gasteiger partial charge on any atom is -0.313 e. The molecule has 0 saturated heterocycles. The SMILES string of the molecule is CCCCN(CC(C)C(NC)c1ccccc1)C(C)CC. The van der Waals surface area contributed by atoms with Crippen molar-refractivity contribution in [2.24, 2.45) is 5.92 Å². The fourth-order valence-electron chi connectivity index (χ4n) is 3.03. The predicted octanol–water partition coefficient (Wildman–Crippen LogP) is 4.48. The highest BCUT2D eigenvalue weighted by atomic mass is 15.2. The molecule has 1 aromatic rings. The lowest BCUT2D eigenvalue weighted by atomic mass is 9.93. The van der Waals surface area contributed by atoms with Gasteiger partial charge in [-0.2, -0.15) is 0 Å². The van der Waals surface area contributed by atoms with Crippen molar-refractivity contribution >= 4 is 0 Å². The van der Waals surface area contributed by atoms with Gasteiger partial charge in [0, 0.05) is 18.6 Å². The third-order valence-electron chi connectivity index (χ3n) is 4.57. The molecule has 0 aliphatic carbocycles. The van der Waals surface area contributed by atoms with Crippen LogP contribution in [0.25, 0.3) is 0 Å². The van der Waals surface area contributed by atoms with Crippen LogP contribution in [0.3, 0.4) is 0 Å². The molecule has 0 aromatic heterocycles. The van der Waals surface area contributed by atoms with Gasteiger partial charge in [0.05, 0.1) is 0 Å². The van der Waals surface area contributed by atoms with Gasteiger partial charge < -0.3 is 10.2 Å². The molecule has 1 rings (SSSR count). The molecule has 0 fully saturated rings. The Balaban J connectivity index is 2.71. The van der Waals surface area contributed by atoms with Crippen molar-refractivity contribution in [2.75, 3.05) is 20.1 Å². The predicted molar refractivity (Wildman–Crippen MR) is 93.6 cm³/mol. The summed E-state index contributed by atoms with van der Waals surface area (Å²) in [7, 11) is 2.08. The molecule has 0 amide bonds. The summed E-state index contributed by atoms with van der Waals surface area (Å²) in [5.74, 6) is 0.600. The van der Waals surface area contributed by atoms with E-state index in [1.807, 2.05) is 0 Å². The maximum Gasteiger partial charge on any atom is 0.0355 e. The van der Waals surface area contributed by atoms with Crippen LogP contribution in [0.2, 0.25) is 0 Å². The standard InChI is InChI=1S/C19H34N2/c1-6-8-14-21(17(4)7-2)15-16(3)19(20-5)18-12-10-9-11-13-18/h9-13,16-17,19-20H,6-8,14-15H2,1-5H3. The van der Waals surface area contributed by atoms with E-state index in [0.717, 1.165) is 6.54 Å². The molecule has 1 N–H and O–H groups in total. The zero-order chi connectivity index (χ0) is 15.7. The highest BCUT2D eigenvalue weighted by Crippen LogP contribution is 2.23. The fourth-order valence-corrected chi connectivity index (χ4v) is 3.03. The van der Waals surface area contributed by atoms with E-state index in [4.69, 9.17) is 0 Å². The number of unbranched alkanes of at least 4 members (excludes halogenated alkanes) is 1. The van der Waals surface area contributed by atoms with Crippen LogP contribution in [0.5, 0.6) is 0 Å². The quantitative estimate of drug-likeness (QED) is 0.683. The van der Waals surface area contributed by atoms with Crippen LogP contribution < -0.4 is 5.32 Å². The smallest absolute Gasteiger partial charge is 0.0355 e. The first kappa shape index (κ1) is 18.2. The van der Waals surface area contributed by atoms with Gasteiger partial charge >= 0.3 is 0 Å². The maximum absolute atomic E-state index is 3.51. The minimum atomic E-state index is 0.430. The molecular formula is C19H34N2. The van der Waals surface area contributed by atoms with Crippen molar-refractivity contribution < 1.29 is 0 Å². The van der Waals surface area contributed by atoms with Crippen molar-refractivity contribution in [3.8, 4) is 0 Å². The third kappa shape index (κ3) is 5.80. The van der Waals surface area contributed by atoms with E-state index in [-0.39, 0.29) is 0 Å². The summed E-state index contributed by atoms with van der Waals surface area (Å²) < 4.78 is 0. The molecule has 3 unspecified atom stereocenters. The van der Waals surface area contributed by atoms with Crippen molar-refractivity contribution in [3.05, 3.63) is 35.9 Å². The molecular weight excluding hydrogens is 256 g/mol. The normalized spacial score (nSPS) is 15.9. The molecule has 0 saturated carbocycles. The molecule has 3 atom stereocenters. The molecule has 0 spiro atoms. The summed E-state index contributed by atoms with van der Waals surface area (Å²) in [6, 6.07) is 11.9. The van der Waals surface area contributed by atoms with Gasteiger partial charge in [0.1, 0.15) is 0 Å². The van der Waals surface area contributed by atoms with Crippen LogP contribution in [0.15, 0.2) is 30.3 Å². The molecule has 2 nitrogen and oxygen atoms in total. The summed E-state index contributed by atoms with van der Waals surface area (Å²) in [6.45, 7) is 11.7. The molecule has 0 radical (unpaired) electrons. The van der Waals surface area contributed by atoms with Crippen molar-refractivity contribution in [1.82, 2.24) is 10.2 Å². The van der Waals surface area contributed by atoms with Gasteiger partial charge in [-0.3, -0.25) is 0 Å². The van der Waals surface area contributed by atoms with Crippen LogP contribution in [0, 0.1) is 5.92 Å². The number of hydrogen-bond acceptors (Lipinski definition) is 2. The van der Waals surface area contributed by atoms with E-state index < -0.39 is 0 Å². The van der Waals surface area contributed by atoms with Gasteiger partial charge in [0.15, 0.2) is 0 Å². The number of nitrogens with zero attached hydrogens (tertiary/aromatic N) is 1. The van der Waals surface area contributed by atoms with Crippen LogP contribution >= 0.6 is 0 Å². The van der Waals surface area contributed by atoms with Crippen molar-refractivity contribution in [2.45, 2.75) is 59.0 Å². The summed E-state index contributed by atoms with van der Waals surface area (Å²) in [5, 5.41) is 3.51. The molecule has 120 valence electrons. The number of rotatable bonds is 10. The average molecular weight is 290 g/mol. The van der Waals surface area contributed by atoms with Crippen molar-refractivity contribution in [1.29, 1.82) is 0 Å². The minimum absolute atomic E-state index is 0.430. The summed E-state index contributed by atoms with van der Waals surface area (Å²) in [4.78, 5) is 2.67. The molecule has 0 aliphatic rings. The highest BCUT2D eigenvalue weighted by molar-refractivity contribution is 5.19. The van der Waals surface area contributed by atoms with E-state index in [1.54, 1.807) is 0 Å². The Morgan fingerprint density at radius 3 is 2.29 bits per heavy atom. The Bertz CT molecular complexity index is 363. The first-order chi connectivity index (χ1) is 10.1. The van der Waals surface area contributed by atoms with Crippen LogP contribution in [-0.4, -0.2) is 31.1 Å². The van der Waals surface area contributed by atoms with Crippen LogP contribution in [-0.2, 0) is 0 Å². The second-order valence-electron chi connectivity index (χ2n) is 6.26. The number of hydrogen-bond donors (Lipinski definition) is 1. The fraction of sp³-hybridized carbons (Fsp3) is 0.684. The lowest BCUT2D eigenvalue weighted by Crippen LogP contribution is -2.40. The molecule has 0 bridgehead atoms. The second-order valence-corrected chi connectivity index (χ2v) is 6.26. The Labute approximate surface area is 131 Å².